The van der Waals surface area contributed by atoms with Crippen LogP contribution in [0.5, 0.6) is 0 Å². The molecule has 3 aromatic heterocycles. The number of hydrogen-bond acceptors (Lipinski definition) is 5. The van der Waals surface area contributed by atoms with Gasteiger partial charge in [0.15, 0.2) is 4.96 Å². The largest absolute Gasteiger partial charge is 0.346 e. The summed E-state index contributed by atoms with van der Waals surface area (Å²) >= 11 is 1.59. The molecule has 0 spiro atoms. The van der Waals surface area contributed by atoms with Crippen LogP contribution in [0.25, 0.3) is 4.96 Å². The number of pyridine rings is 1. The van der Waals surface area contributed by atoms with Crippen molar-refractivity contribution in [3.8, 4) is 0 Å². The molecule has 0 aliphatic rings. The number of aromatic amines is 1. The minimum atomic E-state index is -0.405. The highest BCUT2D eigenvalue weighted by Gasteiger charge is 2.13. The van der Waals surface area contributed by atoms with Gasteiger partial charge in [-0.05, 0) is 38.1 Å². The van der Waals surface area contributed by atoms with Gasteiger partial charge in [0.25, 0.3) is 11.5 Å². The Morgan fingerprint density at radius 2 is 2.00 bits per heavy atom. The predicted octanol–water partition coefficient (Wildman–Crippen LogP) is 3.00. The van der Waals surface area contributed by atoms with Crippen molar-refractivity contribution >= 4 is 22.2 Å². The van der Waals surface area contributed by atoms with Crippen LogP contribution in [-0.2, 0) is 19.5 Å². The summed E-state index contributed by atoms with van der Waals surface area (Å²) in [5.74, 6) is -0.405. The first-order chi connectivity index (χ1) is 15.0. The third-order valence-electron chi connectivity index (χ3n) is 5.03. The van der Waals surface area contributed by atoms with Crippen molar-refractivity contribution in [3.63, 3.8) is 0 Å². The normalized spacial score (nSPS) is 11.3. The van der Waals surface area contributed by atoms with Gasteiger partial charge in [-0.2, -0.15) is 0 Å². The average molecular weight is 436 g/mol. The van der Waals surface area contributed by atoms with Gasteiger partial charge in [0.2, 0.25) is 0 Å². The number of hydrogen-bond donors (Lipinski definition) is 2. The molecule has 0 aliphatic carbocycles. The van der Waals surface area contributed by atoms with Crippen LogP contribution in [0, 0.1) is 6.92 Å². The predicted molar refractivity (Wildman–Crippen MR) is 123 cm³/mol. The molecule has 0 fully saturated rings. The van der Waals surface area contributed by atoms with E-state index >= 15 is 0 Å². The third kappa shape index (κ3) is 5.28. The number of thiazole rings is 1. The molecule has 160 valence electrons. The van der Waals surface area contributed by atoms with Crippen molar-refractivity contribution in [2.75, 3.05) is 13.6 Å². The molecule has 4 rings (SSSR count). The van der Waals surface area contributed by atoms with Crippen LogP contribution in [0.1, 0.15) is 32.2 Å². The van der Waals surface area contributed by atoms with Crippen LogP contribution >= 0.6 is 11.3 Å². The van der Waals surface area contributed by atoms with Gasteiger partial charge < -0.3 is 15.2 Å². The zero-order valence-electron chi connectivity index (χ0n) is 17.6. The van der Waals surface area contributed by atoms with E-state index in [2.05, 4.69) is 32.3 Å². The number of likely N-dealkylation sites (N-methyl/N-ethyl adjacent to an activating group) is 1. The SMILES string of the molecule is Cc1cn2cc(CNC(=O)c3ccc(CN(C)CCc4ccccc4)[nH]c3=O)nc2s1. The van der Waals surface area contributed by atoms with Crippen molar-refractivity contribution in [2.45, 2.75) is 26.4 Å². The van der Waals surface area contributed by atoms with E-state index in [0.29, 0.717) is 6.54 Å². The van der Waals surface area contributed by atoms with Crippen molar-refractivity contribution in [2.24, 2.45) is 0 Å². The Labute approximate surface area is 184 Å². The van der Waals surface area contributed by atoms with Crippen molar-refractivity contribution in [1.29, 1.82) is 0 Å². The van der Waals surface area contributed by atoms with Crippen LogP contribution in [0.15, 0.2) is 59.7 Å². The zero-order chi connectivity index (χ0) is 21.8. The lowest BCUT2D eigenvalue weighted by molar-refractivity contribution is 0.0949. The second-order valence-corrected chi connectivity index (χ2v) is 8.86. The number of fused-ring (bicyclic) bond motifs is 1. The van der Waals surface area contributed by atoms with Crippen molar-refractivity contribution < 1.29 is 4.79 Å². The molecular weight excluding hydrogens is 410 g/mol. The number of nitrogens with zero attached hydrogens (tertiary/aromatic N) is 3. The van der Waals surface area contributed by atoms with Gasteiger partial charge in [-0.1, -0.05) is 30.3 Å². The van der Waals surface area contributed by atoms with E-state index in [9.17, 15) is 9.59 Å². The zero-order valence-corrected chi connectivity index (χ0v) is 18.4. The van der Waals surface area contributed by atoms with E-state index in [1.54, 1.807) is 23.5 Å². The van der Waals surface area contributed by atoms with Gasteiger partial charge in [-0.15, -0.1) is 11.3 Å². The monoisotopic (exact) mass is 435 g/mol. The smallest absolute Gasteiger partial charge is 0.261 e. The standard InChI is InChI=1S/C23H25N5O2S/c1-16-13-28-15-19(26-23(28)31-16)12-24-21(29)20-9-8-18(25-22(20)30)14-27(2)11-10-17-6-4-3-5-7-17/h3-9,13,15H,10-12,14H2,1-2H3,(H,24,29)(H,25,30). The highest BCUT2D eigenvalue weighted by molar-refractivity contribution is 7.16. The lowest BCUT2D eigenvalue weighted by atomic mass is 10.1. The first kappa shape index (κ1) is 21.0. The van der Waals surface area contributed by atoms with Crippen LogP contribution in [0.2, 0.25) is 0 Å². The molecule has 0 saturated carbocycles. The van der Waals surface area contributed by atoms with Crippen LogP contribution in [0.4, 0.5) is 0 Å². The molecule has 1 aromatic carbocycles. The molecular formula is C23H25N5O2S. The van der Waals surface area contributed by atoms with Crippen molar-refractivity contribution in [1.82, 2.24) is 24.6 Å². The van der Waals surface area contributed by atoms with Gasteiger partial charge in [0.05, 0.1) is 12.2 Å². The molecule has 0 unspecified atom stereocenters. The molecule has 2 N–H and O–H groups in total. The van der Waals surface area contributed by atoms with Gasteiger partial charge >= 0.3 is 0 Å². The third-order valence-corrected chi connectivity index (χ3v) is 5.94. The number of carbonyl (C=O) groups is 1. The first-order valence-electron chi connectivity index (χ1n) is 10.1. The fourth-order valence-electron chi connectivity index (χ4n) is 3.43. The number of carbonyl (C=O) groups excluding carboxylic acids is 1. The number of aryl methyl sites for hydroxylation is 1. The van der Waals surface area contributed by atoms with E-state index in [0.717, 1.165) is 29.3 Å². The number of amides is 1. The van der Waals surface area contributed by atoms with Gasteiger partial charge in [0.1, 0.15) is 5.56 Å². The number of nitrogens with one attached hydrogen (secondary N) is 2. The van der Waals surface area contributed by atoms with Crippen LogP contribution < -0.4 is 10.9 Å². The Kier molecular flexibility index (Phi) is 6.29. The lowest BCUT2D eigenvalue weighted by Crippen LogP contribution is -2.30. The second-order valence-electron chi connectivity index (χ2n) is 7.65. The average Bonchev–Trinajstić information content (AvgIpc) is 3.28. The lowest BCUT2D eigenvalue weighted by Gasteiger charge is -2.16. The maximum Gasteiger partial charge on any atom is 0.261 e. The van der Waals surface area contributed by atoms with Gasteiger partial charge in [-0.25, -0.2) is 4.98 Å². The summed E-state index contributed by atoms with van der Waals surface area (Å²) in [7, 11) is 2.01. The second kappa shape index (κ2) is 9.28. The molecule has 8 heteroatoms. The molecule has 1 amide bonds. The molecule has 4 aromatic rings. The summed E-state index contributed by atoms with van der Waals surface area (Å²) in [5.41, 5.74) is 2.54. The van der Waals surface area contributed by atoms with E-state index in [1.165, 1.54) is 10.4 Å². The summed E-state index contributed by atoms with van der Waals surface area (Å²) in [4.78, 5) is 36.4. The Hall–Kier alpha value is -3.23. The van der Waals surface area contributed by atoms with Crippen molar-refractivity contribution in [3.05, 3.63) is 92.6 Å². The minimum Gasteiger partial charge on any atom is -0.346 e. The van der Waals surface area contributed by atoms with Gasteiger partial charge in [0, 0.05) is 36.1 Å². The maximum absolute atomic E-state index is 12.5. The molecule has 0 aliphatic heterocycles. The Morgan fingerprint density at radius 3 is 2.74 bits per heavy atom. The van der Waals surface area contributed by atoms with Crippen LogP contribution in [-0.4, -0.2) is 38.8 Å². The molecule has 31 heavy (non-hydrogen) atoms. The van der Waals surface area contributed by atoms with E-state index in [-0.39, 0.29) is 17.7 Å². The molecule has 3 heterocycles. The molecule has 7 nitrogen and oxygen atoms in total. The van der Waals surface area contributed by atoms with Crippen LogP contribution in [0.3, 0.4) is 0 Å². The first-order valence-corrected chi connectivity index (χ1v) is 11.0. The summed E-state index contributed by atoms with van der Waals surface area (Å²) < 4.78 is 1.94. The molecule has 0 bridgehead atoms. The van der Waals surface area contributed by atoms with Gasteiger partial charge in [-0.3, -0.25) is 14.0 Å². The summed E-state index contributed by atoms with van der Waals surface area (Å²) in [6.07, 6.45) is 4.82. The van der Waals surface area contributed by atoms with E-state index < -0.39 is 5.91 Å². The molecule has 0 radical (unpaired) electrons. The molecule has 0 saturated heterocycles. The number of benzene rings is 1. The maximum atomic E-state index is 12.5. The Morgan fingerprint density at radius 1 is 1.19 bits per heavy atom. The quantitative estimate of drug-likeness (QED) is 0.446. The van der Waals surface area contributed by atoms with E-state index in [1.807, 2.05) is 49.0 Å². The molecule has 0 atom stereocenters. The highest BCUT2D eigenvalue weighted by Crippen LogP contribution is 2.16. The topological polar surface area (TPSA) is 82.5 Å². The summed E-state index contributed by atoms with van der Waals surface area (Å²) in [6, 6.07) is 13.7. The highest BCUT2D eigenvalue weighted by atomic mass is 32.1. The number of H-pyrrole nitrogens is 1. The van der Waals surface area contributed by atoms with E-state index in [4.69, 9.17) is 0 Å². The fourth-order valence-corrected chi connectivity index (χ4v) is 4.26. The fraction of sp³-hybridized carbons (Fsp3) is 0.261. The Balaban J connectivity index is 1.32. The Bertz CT molecular complexity index is 1210. The summed E-state index contributed by atoms with van der Waals surface area (Å²) in [5, 5.41) is 2.78. The number of aromatic nitrogens is 3. The minimum absolute atomic E-state index is 0.104. The summed E-state index contributed by atoms with van der Waals surface area (Å²) in [6.45, 7) is 3.78. The number of imidazole rings is 1. The number of rotatable bonds is 8.